The summed E-state index contributed by atoms with van der Waals surface area (Å²) in [5.74, 6) is 0.431. The van der Waals surface area contributed by atoms with Crippen molar-refractivity contribution in [2.45, 2.75) is 25.3 Å². The molecule has 5 nitrogen and oxygen atoms in total. The van der Waals surface area contributed by atoms with Gasteiger partial charge >= 0.3 is 0 Å². The zero-order valence-electron chi connectivity index (χ0n) is 12.8. The molecule has 2 heterocycles. The maximum absolute atomic E-state index is 13.2. The molecule has 1 aliphatic rings. The molecule has 1 N–H and O–H groups in total. The third kappa shape index (κ3) is 4.25. The van der Waals surface area contributed by atoms with Crippen LogP contribution < -0.4 is 10.2 Å². The van der Waals surface area contributed by atoms with Crippen molar-refractivity contribution in [3.05, 3.63) is 54.0 Å². The van der Waals surface area contributed by atoms with E-state index in [4.69, 9.17) is 0 Å². The lowest BCUT2D eigenvalue weighted by molar-refractivity contribution is -0.121. The van der Waals surface area contributed by atoms with Crippen LogP contribution in [0.4, 0.5) is 10.2 Å². The molecule has 0 saturated carbocycles. The Labute approximate surface area is 134 Å². The first kappa shape index (κ1) is 15.4. The monoisotopic (exact) mass is 314 g/mol. The van der Waals surface area contributed by atoms with Crippen molar-refractivity contribution in [2.24, 2.45) is 0 Å². The highest BCUT2D eigenvalue weighted by molar-refractivity contribution is 5.79. The van der Waals surface area contributed by atoms with Crippen molar-refractivity contribution in [3.63, 3.8) is 0 Å². The molecule has 1 fully saturated rings. The lowest BCUT2D eigenvalue weighted by Crippen LogP contribution is -2.48. The minimum Gasteiger partial charge on any atom is -0.353 e. The maximum Gasteiger partial charge on any atom is 0.224 e. The third-order valence-corrected chi connectivity index (χ3v) is 3.92. The Balaban J connectivity index is 1.56. The van der Waals surface area contributed by atoms with Gasteiger partial charge in [0.15, 0.2) is 5.82 Å². The first-order valence-electron chi connectivity index (χ1n) is 7.77. The van der Waals surface area contributed by atoms with Gasteiger partial charge in [0.25, 0.3) is 0 Å². The number of anilines is 1. The largest absolute Gasteiger partial charge is 0.353 e. The van der Waals surface area contributed by atoms with Crippen LogP contribution in [0.5, 0.6) is 0 Å². The zero-order valence-corrected chi connectivity index (χ0v) is 12.8. The number of halogens is 1. The maximum atomic E-state index is 13.2. The molecule has 1 aromatic carbocycles. The number of hydrogen-bond donors (Lipinski definition) is 1. The Morgan fingerprint density at radius 2 is 2.26 bits per heavy atom. The van der Waals surface area contributed by atoms with Crippen molar-refractivity contribution >= 4 is 11.7 Å². The Morgan fingerprint density at radius 1 is 1.35 bits per heavy atom. The summed E-state index contributed by atoms with van der Waals surface area (Å²) < 4.78 is 13.2. The summed E-state index contributed by atoms with van der Waals surface area (Å²) in [6.07, 6.45) is 3.76. The van der Waals surface area contributed by atoms with Gasteiger partial charge in [0.2, 0.25) is 5.91 Å². The van der Waals surface area contributed by atoms with Crippen molar-refractivity contribution < 1.29 is 9.18 Å². The standard InChI is InChI=1S/C17H19FN4O/c18-14-5-1-4-13(10-14)11-17(23)20-15-6-3-9-22(12-15)16-7-2-8-19-21-16/h1-2,4-5,7-8,10,15H,3,6,9,11-12H2,(H,20,23)/t15-/m0/s1. The van der Waals surface area contributed by atoms with Gasteiger partial charge in [-0.1, -0.05) is 12.1 Å². The Kier molecular flexibility index (Phi) is 4.80. The van der Waals surface area contributed by atoms with E-state index >= 15 is 0 Å². The molecule has 0 bridgehead atoms. The minimum atomic E-state index is -0.318. The number of aromatic nitrogens is 2. The molecular formula is C17H19FN4O. The number of rotatable bonds is 4. The normalized spacial score (nSPS) is 17.8. The van der Waals surface area contributed by atoms with E-state index < -0.39 is 0 Å². The number of piperidine rings is 1. The number of benzene rings is 1. The van der Waals surface area contributed by atoms with Gasteiger partial charge in [0, 0.05) is 25.3 Å². The van der Waals surface area contributed by atoms with E-state index in [2.05, 4.69) is 20.4 Å². The highest BCUT2D eigenvalue weighted by atomic mass is 19.1. The molecule has 1 aliphatic heterocycles. The van der Waals surface area contributed by atoms with Crippen molar-refractivity contribution in [3.8, 4) is 0 Å². The van der Waals surface area contributed by atoms with Gasteiger partial charge in [-0.3, -0.25) is 4.79 Å². The van der Waals surface area contributed by atoms with Crippen molar-refractivity contribution in [1.82, 2.24) is 15.5 Å². The van der Waals surface area contributed by atoms with E-state index in [9.17, 15) is 9.18 Å². The second-order valence-corrected chi connectivity index (χ2v) is 5.74. The number of carbonyl (C=O) groups excluding carboxylic acids is 1. The molecule has 23 heavy (non-hydrogen) atoms. The van der Waals surface area contributed by atoms with Crippen LogP contribution >= 0.6 is 0 Å². The average Bonchev–Trinajstić information content (AvgIpc) is 2.56. The summed E-state index contributed by atoms with van der Waals surface area (Å²) in [7, 11) is 0. The van der Waals surface area contributed by atoms with Gasteiger partial charge in [-0.05, 0) is 42.7 Å². The molecule has 2 aromatic rings. The molecule has 0 radical (unpaired) electrons. The lowest BCUT2D eigenvalue weighted by Gasteiger charge is -2.33. The minimum absolute atomic E-state index is 0.0758. The van der Waals surface area contributed by atoms with E-state index in [1.807, 2.05) is 12.1 Å². The SMILES string of the molecule is O=C(Cc1cccc(F)c1)N[C@H]1CCCN(c2cccnn2)C1. The zero-order chi connectivity index (χ0) is 16.1. The molecule has 3 rings (SSSR count). The van der Waals surface area contributed by atoms with Gasteiger partial charge in [0.05, 0.1) is 6.42 Å². The number of nitrogens with zero attached hydrogens (tertiary/aromatic N) is 3. The van der Waals surface area contributed by atoms with Gasteiger partial charge in [-0.25, -0.2) is 4.39 Å². The summed E-state index contributed by atoms with van der Waals surface area (Å²) in [6, 6.07) is 10.0. The molecule has 120 valence electrons. The summed E-state index contributed by atoms with van der Waals surface area (Å²) in [5, 5.41) is 11.0. The Morgan fingerprint density at radius 3 is 3.04 bits per heavy atom. The summed E-state index contributed by atoms with van der Waals surface area (Å²) in [6.45, 7) is 1.63. The fourth-order valence-electron chi connectivity index (χ4n) is 2.88. The van der Waals surface area contributed by atoms with E-state index in [-0.39, 0.29) is 24.2 Å². The van der Waals surface area contributed by atoms with E-state index in [1.165, 1.54) is 12.1 Å². The van der Waals surface area contributed by atoms with Gasteiger partial charge in [-0.2, -0.15) is 5.10 Å². The van der Waals surface area contributed by atoms with E-state index in [1.54, 1.807) is 18.3 Å². The molecule has 1 atom stereocenters. The predicted octanol–water partition coefficient (Wildman–Crippen LogP) is 1.94. The van der Waals surface area contributed by atoms with Crippen LogP contribution in [0.15, 0.2) is 42.6 Å². The highest BCUT2D eigenvalue weighted by Crippen LogP contribution is 2.16. The first-order valence-corrected chi connectivity index (χ1v) is 7.77. The van der Waals surface area contributed by atoms with Gasteiger partial charge in [-0.15, -0.1) is 5.10 Å². The predicted molar refractivity (Wildman–Crippen MR) is 85.5 cm³/mol. The lowest BCUT2D eigenvalue weighted by atomic mass is 10.0. The molecule has 0 spiro atoms. The Bertz CT molecular complexity index is 665. The van der Waals surface area contributed by atoms with Crippen LogP contribution in [-0.4, -0.2) is 35.2 Å². The van der Waals surface area contributed by atoms with Crippen molar-refractivity contribution in [1.29, 1.82) is 0 Å². The number of carbonyl (C=O) groups is 1. The quantitative estimate of drug-likeness (QED) is 0.937. The molecular weight excluding hydrogens is 295 g/mol. The van der Waals surface area contributed by atoms with Crippen molar-refractivity contribution in [2.75, 3.05) is 18.0 Å². The van der Waals surface area contributed by atoms with E-state index in [0.717, 1.165) is 25.2 Å². The Hall–Kier alpha value is -2.50. The second kappa shape index (κ2) is 7.17. The summed E-state index contributed by atoms with van der Waals surface area (Å²) in [4.78, 5) is 14.3. The second-order valence-electron chi connectivity index (χ2n) is 5.74. The van der Waals surface area contributed by atoms with Crippen LogP contribution in [0.1, 0.15) is 18.4 Å². The molecule has 0 aliphatic carbocycles. The summed E-state index contributed by atoms with van der Waals surface area (Å²) in [5.41, 5.74) is 0.684. The number of hydrogen-bond acceptors (Lipinski definition) is 4. The number of amides is 1. The smallest absolute Gasteiger partial charge is 0.224 e. The first-order chi connectivity index (χ1) is 11.2. The average molecular weight is 314 g/mol. The summed E-state index contributed by atoms with van der Waals surface area (Å²) >= 11 is 0. The molecule has 6 heteroatoms. The van der Waals surface area contributed by atoms with Crippen LogP contribution in [0, 0.1) is 5.82 Å². The fourth-order valence-corrected chi connectivity index (χ4v) is 2.88. The topological polar surface area (TPSA) is 58.1 Å². The highest BCUT2D eigenvalue weighted by Gasteiger charge is 2.22. The van der Waals surface area contributed by atoms with Gasteiger partial charge < -0.3 is 10.2 Å². The van der Waals surface area contributed by atoms with Gasteiger partial charge in [0.1, 0.15) is 5.82 Å². The molecule has 1 saturated heterocycles. The van der Waals surface area contributed by atoms with E-state index in [0.29, 0.717) is 12.1 Å². The van der Waals surface area contributed by atoms with Crippen LogP contribution in [0.3, 0.4) is 0 Å². The third-order valence-electron chi connectivity index (χ3n) is 3.92. The molecule has 1 aromatic heterocycles. The number of nitrogens with one attached hydrogen (secondary N) is 1. The van der Waals surface area contributed by atoms with Crippen LogP contribution in [0.2, 0.25) is 0 Å². The van der Waals surface area contributed by atoms with Crippen LogP contribution in [-0.2, 0) is 11.2 Å². The molecule has 1 amide bonds. The van der Waals surface area contributed by atoms with Crippen LogP contribution in [0.25, 0.3) is 0 Å². The molecule has 0 unspecified atom stereocenters. The fraction of sp³-hybridized carbons (Fsp3) is 0.353.